The Hall–Kier alpha value is -1.51. The number of hydrogen-bond acceptors (Lipinski definition) is 2. The van der Waals surface area contributed by atoms with E-state index in [2.05, 4.69) is 48.2 Å². The third-order valence-corrected chi connectivity index (χ3v) is 4.79. The maximum atomic E-state index is 6.38. The molecule has 3 rings (SSSR count). The summed E-state index contributed by atoms with van der Waals surface area (Å²) >= 11 is 6.38. The highest BCUT2D eigenvalue weighted by Gasteiger charge is 2.31. The number of nitrogens with two attached hydrogens (primary N) is 1. The fraction of sp³-hybridized carbons (Fsp3) is 0.333. The topological polar surface area (TPSA) is 29.3 Å². The second-order valence-electron chi connectivity index (χ2n) is 5.68. The van der Waals surface area contributed by atoms with Gasteiger partial charge in [0.15, 0.2) is 0 Å². The van der Waals surface area contributed by atoms with Gasteiger partial charge in [0.05, 0.1) is 6.04 Å². The number of para-hydroxylation sites is 1. The summed E-state index contributed by atoms with van der Waals surface area (Å²) in [5.41, 5.74) is 9.71. The number of fused-ring (bicyclic) bond motifs is 1. The minimum absolute atomic E-state index is 0.266. The van der Waals surface area contributed by atoms with Gasteiger partial charge in [-0.15, -0.1) is 0 Å². The smallest absolute Gasteiger partial charge is 0.0529 e. The molecule has 0 spiro atoms. The van der Waals surface area contributed by atoms with Crippen molar-refractivity contribution < 1.29 is 0 Å². The van der Waals surface area contributed by atoms with Crippen LogP contribution in [0.1, 0.15) is 36.4 Å². The zero-order chi connectivity index (χ0) is 14.8. The number of rotatable bonds is 4. The van der Waals surface area contributed by atoms with Gasteiger partial charge in [-0.1, -0.05) is 48.0 Å². The van der Waals surface area contributed by atoms with E-state index in [0.29, 0.717) is 5.92 Å². The minimum atomic E-state index is 0.266. The molecule has 0 saturated carbocycles. The first-order valence-electron chi connectivity index (χ1n) is 7.52. The fourth-order valence-corrected chi connectivity index (χ4v) is 3.62. The molecule has 0 radical (unpaired) electrons. The van der Waals surface area contributed by atoms with Crippen molar-refractivity contribution in [2.45, 2.75) is 25.3 Å². The van der Waals surface area contributed by atoms with E-state index in [4.69, 9.17) is 17.3 Å². The van der Waals surface area contributed by atoms with Crippen molar-refractivity contribution in [3.05, 3.63) is 64.7 Å². The summed E-state index contributed by atoms with van der Waals surface area (Å²) in [6.45, 7) is 3.97. The normalized spacial score (nSPS) is 18.6. The van der Waals surface area contributed by atoms with Crippen LogP contribution >= 0.6 is 11.6 Å². The van der Waals surface area contributed by atoms with Gasteiger partial charge in [0.1, 0.15) is 0 Å². The molecule has 2 atom stereocenters. The summed E-state index contributed by atoms with van der Waals surface area (Å²) in [5, 5.41) is 0.838. The summed E-state index contributed by atoms with van der Waals surface area (Å²) in [7, 11) is 0. The molecule has 2 nitrogen and oxygen atoms in total. The Bertz CT molecular complexity index is 626. The molecule has 0 bridgehead atoms. The lowest BCUT2D eigenvalue weighted by atomic mass is 9.98. The quantitative estimate of drug-likeness (QED) is 0.909. The molecular formula is C18H21ClN2. The van der Waals surface area contributed by atoms with Crippen LogP contribution in [-0.4, -0.2) is 13.1 Å². The first-order chi connectivity index (χ1) is 10.2. The van der Waals surface area contributed by atoms with E-state index in [9.17, 15) is 0 Å². The predicted molar refractivity (Wildman–Crippen MR) is 90.1 cm³/mol. The van der Waals surface area contributed by atoms with E-state index in [1.807, 2.05) is 12.1 Å². The molecule has 2 aromatic carbocycles. The second kappa shape index (κ2) is 6.08. The summed E-state index contributed by atoms with van der Waals surface area (Å²) in [5.74, 6) is 0.524. The van der Waals surface area contributed by atoms with Crippen LogP contribution in [0.3, 0.4) is 0 Å². The molecule has 0 aliphatic carbocycles. The van der Waals surface area contributed by atoms with E-state index in [0.717, 1.165) is 24.5 Å². The van der Waals surface area contributed by atoms with Crippen LogP contribution in [-0.2, 0) is 0 Å². The largest absolute Gasteiger partial charge is 0.364 e. The third kappa shape index (κ3) is 2.66. The van der Waals surface area contributed by atoms with E-state index in [1.54, 1.807) is 0 Å². The van der Waals surface area contributed by atoms with Crippen molar-refractivity contribution in [1.29, 1.82) is 0 Å². The second-order valence-corrected chi connectivity index (χ2v) is 6.09. The highest BCUT2D eigenvalue weighted by Crippen LogP contribution is 2.42. The average molecular weight is 301 g/mol. The van der Waals surface area contributed by atoms with Crippen molar-refractivity contribution >= 4 is 17.3 Å². The van der Waals surface area contributed by atoms with Crippen LogP contribution in [0, 0.1) is 0 Å². The molecule has 0 amide bonds. The lowest BCUT2D eigenvalue weighted by molar-refractivity contribution is 0.607. The molecule has 2 unspecified atom stereocenters. The summed E-state index contributed by atoms with van der Waals surface area (Å²) in [6, 6.07) is 17.0. The minimum Gasteiger partial charge on any atom is -0.364 e. The van der Waals surface area contributed by atoms with E-state index in [1.165, 1.54) is 16.8 Å². The predicted octanol–water partition coefficient (Wildman–Crippen LogP) is 4.35. The van der Waals surface area contributed by atoms with Crippen LogP contribution in [0.4, 0.5) is 5.69 Å². The monoisotopic (exact) mass is 300 g/mol. The number of benzene rings is 2. The Balaban J connectivity index is 1.95. The van der Waals surface area contributed by atoms with Gasteiger partial charge in [0, 0.05) is 23.2 Å². The van der Waals surface area contributed by atoms with Crippen LogP contribution in [0.15, 0.2) is 48.5 Å². The van der Waals surface area contributed by atoms with E-state index < -0.39 is 0 Å². The summed E-state index contributed by atoms with van der Waals surface area (Å²) in [6.07, 6.45) is 1.03. The standard InChI is InChI=1S/C18H21ClN2/c1-13(15-6-2-4-8-17(15)19)21-12-14(10-11-20)16-7-3-5-9-18(16)21/h2-9,13-14H,10-12,20H2,1H3. The van der Waals surface area contributed by atoms with Crippen LogP contribution in [0.25, 0.3) is 0 Å². The molecule has 1 heterocycles. The molecule has 110 valence electrons. The molecule has 2 aromatic rings. The van der Waals surface area contributed by atoms with Gasteiger partial charge in [-0.2, -0.15) is 0 Å². The Morgan fingerprint density at radius 2 is 1.90 bits per heavy atom. The van der Waals surface area contributed by atoms with Crippen molar-refractivity contribution in [2.75, 3.05) is 18.0 Å². The highest BCUT2D eigenvalue weighted by atomic mass is 35.5. The SMILES string of the molecule is CC(c1ccccc1Cl)N1CC(CCN)c2ccccc21. The molecule has 1 aliphatic heterocycles. The molecule has 0 fully saturated rings. The van der Waals surface area contributed by atoms with Crippen LogP contribution in [0.2, 0.25) is 5.02 Å². The Morgan fingerprint density at radius 1 is 1.19 bits per heavy atom. The molecule has 0 saturated heterocycles. The van der Waals surface area contributed by atoms with Crippen molar-refractivity contribution in [2.24, 2.45) is 5.73 Å². The Morgan fingerprint density at radius 3 is 2.67 bits per heavy atom. The maximum Gasteiger partial charge on any atom is 0.0529 e. The van der Waals surface area contributed by atoms with E-state index >= 15 is 0 Å². The molecular weight excluding hydrogens is 280 g/mol. The zero-order valence-corrected chi connectivity index (χ0v) is 13.1. The maximum absolute atomic E-state index is 6.38. The van der Waals surface area contributed by atoms with Gasteiger partial charge in [-0.25, -0.2) is 0 Å². The van der Waals surface area contributed by atoms with Gasteiger partial charge >= 0.3 is 0 Å². The lowest BCUT2D eigenvalue weighted by Crippen LogP contribution is -2.26. The molecule has 3 heteroatoms. The molecule has 1 aliphatic rings. The Labute approximate surface area is 131 Å². The number of halogens is 1. The zero-order valence-electron chi connectivity index (χ0n) is 12.3. The summed E-state index contributed by atoms with van der Waals surface area (Å²) < 4.78 is 0. The molecule has 0 aromatic heterocycles. The average Bonchev–Trinajstić information content (AvgIpc) is 2.87. The van der Waals surface area contributed by atoms with Gasteiger partial charge in [-0.3, -0.25) is 0 Å². The first-order valence-corrected chi connectivity index (χ1v) is 7.90. The molecule has 2 N–H and O–H groups in total. The van der Waals surface area contributed by atoms with Gasteiger partial charge in [0.2, 0.25) is 0 Å². The van der Waals surface area contributed by atoms with Crippen molar-refractivity contribution in [1.82, 2.24) is 0 Å². The van der Waals surface area contributed by atoms with Gasteiger partial charge < -0.3 is 10.6 Å². The van der Waals surface area contributed by atoms with Crippen molar-refractivity contribution in [3.8, 4) is 0 Å². The Kier molecular flexibility index (Phi) is 4.18. The van der Waals surface area contributed by atoms with Gasteiger partial charge in [-0.05, 0) is 43.1 Å². The lowest BCUT2D eigenvalue weighted by Gasteiger charge is -2.29. The van der Waals surface area contributed by atoms with Crippen LogP contribution in [0.5, 0.6) is 0 Å². The highest BCUT2D eigenvalue weighted by molar-refractivity contribution is 6.31. The number of nitrogens with zero attached hydrogens (tertiary/aromatic N) is 1. The van der Waals surface area contributed by atoms with Gasteiger partial charge in [0.25, 0.3) is 0 Å². The summed E-state index contributed by atoms with van der Waals surface area (Å²) in [4.78, 5) is 2.46. The molecule has 21 heavy (non-hydrogen) atoms. The number of anilines is 1. The third-order valence-electron chi connectivity index (χ3n) is 4.44. The van der Waals surface area contributed by atoms with Crippen LogP contribution < -0.4 is 10.6 Å². The number of hydrogen-bond donors (Lipinski definition) is 1. The fourth-order valence-electron chi connectivity index (χ4n) is 3.32. The van der Waals surface area contributed by atoms with Crippen molar-refractivity contribution in [3.63, 3.8) is 0 Å². The van der Waals surface area contributed by atoms with E-state index in [-0.39, 0.29) is 6.04 Å². The first kappa shape index (κ1) is 14.4.